The predicted molar refractivity (Wildman–Crippen MR) is 67.2 cm³/mol. The Balaban J connectivity index is 2.64. The number of carbonyl (C=O) groups excluding carboxylic acids is 1. The van der Waals surface area contributed by atoms with Crippen molar-refractivity contribution >= 4 is 5.91 Å². The lowest BCUT2D eigenvalue weighted by molar-refractivity contribution is -0.123. The quantitative estimate of drug-likeness (QED) is 0.708. The molecule has 0 spiro atoms. The van der Waals surface area contributed by atoms with Crippen LogP contribution in [0.1, 0.15) is 25.5 Å². The lowest BCUT2D eigenvalue weighted by Gasteiger charge is -2.22. The minimum Gasteiger partial charge on any atom is -0.394 e. The Morgan fingerprint density at radius 1 is 1.35 bits per heavy atom. The van der Waals surface area contributed by atoms with Crippen LogP contribution >= 0.6 is 0 Å². The van der Waals surface area contributed by atoms with E-state index in [2.05, 4.69) is 5.32 Å². The molecule has 0 radical (unpaired) electrons. The van der Waals surface area contributed by atoms with E-state index >= 15 is 0 Å². The third-order valence-electron chi connectivity index (χ3n) is 2.77. The number of benzene rings is 1. The van der Waals surface area contributed by atoms with Gasteiger partial charge in [0.1, 0.15) is 6.04 Å². The van der Waals surface area contributed by atoms with Gasteiger partial charge in [0.05, 0.1) is 12.6 Å². The lowest BCUT2D eigenvalue weighted by Crippen LogP contribution is -2.45. The Morgan fingerprint density at radius 2 is 1.94 bits per heavy atom. The van der Waals surface area contributed by atoms with Crippen molar-refractivity contribution in [1.29, 1.82) is 0 Å². The van der Waals surface area contributed by atoms with Crippen molar-refractivity contribution in [2.24, 2.45) is 11.7 Å². The normalized spacial score (nSPS) is 14.4. The van der Waals surface area contributed by atoms with Gasteiger partial charge in [0, 0.05) is 0 Å². The summed E-state index contributed by atoms with van der Waals surface area (Å²) in [5, 5.41) is 11.9. The van der Waals surface area contributed by atoms with Crippen molar-refractivity contribution in [1.82, 2.24) is 5.32 Å². The maximum absolute atomic E-state index is 11.9. The van der Waals surface area contributed by atoms with Crippen molar-refractivity contribution in [3.8, 4) is 0 Å². The van der Waals surface area contributed by atoms with Crippen molar-refractivity contribution in [2.45, 2.75) is 25.9 Å². The summed E-state index contributed by atoms with van der Waals surface area (Å²) in [6, 6.07) is 8.24. The first-order valence-corrected chi connectivity index (χ1v) is 5.78. The smallest absolute Gasteiger partial charge is 0.241 e. The van der Waals surface area contributed by atoms with Crippen LogP contribution in [0.3, 0.4) is 0 Å². The molecule has 0 heterocycles. The molecular weight excluding hydrogens is 216 g/mol. The first-order valence-electron chi connectivity index (χ1n) is 5.78. The Labute approximate surface area is 102 Å². The second kappa shape index (κ2) is 6.37. The van der Waals surface area contributed by atoms with E-state index in [0.29, 0.717) is 0 Å². The highest BCUT2D eigenvalue weighted by Gasteiger charge is 2.20. The summed E-state index contributed by atoms with van der Waals surface area (Å²) < 4.78 is 0. The molecule has 0 aliphatic rings. The molecule has 0 aliphatic heterocycles. The molecule has 94 valence electrons. The third kappa shape index (κ3) is 3.84. The first-order chi connectivity index (χ1) is 8.06. The zero-order chi connectivity index (χ0) is 12.8. The van der Waals surface area contributed by atoms with Gasteiger partial charge in [0.15, 0.2) is 0 Å². The Kier molecular flexibility index (Phi) is 5.12. The second-order valence-corrected chi connectivity index (χ2v) is 4.43. The van der Waals surface area contributed by atoms with Gasteiger partial charge in [0.2, 0.25) is 5.91 Å². The molecule has 0 saturated heterocycles. The van der Waals surface area contributed by atoms with E-state index in [4.69, 9.17) is 10.8 Å². The topological polar surface area (TPSA) is 75.3 Å². The third-order valence-corrected chi connectivity index (χ3v) is 2.77. The van der Waals surface area contributed by atoms with Crippen molar-refractivity contribution < 1.29 is 9.90 Å². The van der Waals surface area contributed by atoms with E-state index < -0.39 is 6.04 Å². The molecule has 0 saturated carbocycles. The molecule has 0 aliphatic carbocycles. The summed E-state index contributed by atoms with van der Waals surface area (Å²) in [6.45, 7) is 3.80. The van der Waals surface area contributed by atoms with Gasteiger partial charge in [-0.15, -0.1) is 0 Å². The molecule has 0 fully saturated rings. The first kappa shape index (κ1) is 13.7. The number of nitrogens with one attached hydrogen (secondary N) is 1. The fraction of sp³-hybridized carbons (Fsp3) is 0.462. The highest BCUT2D eigenvalue weighted by atomic mass is 16.3. The Morgan fingerprint density at radius 3 is 2.41 bits per heavy atom. The summed E-state index contributed by atoms with van der Waals surface area (Å²) in [5.41, 5.74) is 6.62. The van der Waals surface area contributed by atoms with E-state index in [9.17, 15) is 4.79 Å². The Hall–Kier alpha value is -1.39. The monoisotopic (exact) mass is 236 g/mol. The van der Waals surface area contributed by atoms with Gasteiger partial charge in [-0.25, -0.2) is 0 Å². The zero-order valence-electron chi connectivity index (χ0n) is 10.3. The summed E-state index contributed by atoms with van der Waals surface area (Å²) in [4.78, 5) is 11.9. The molecule has 1 unspecified atom stereocenters. The molecule has 4 heteroatoms. The van der Waals surface area contributed by atoms with Crippen molar-refractivity contribution in [3.05, 3.63) is 35.9 Å². The molecule has 2 atom stereocenters. The fourth-order valence-corrected chi connectivity index (χ4v) is 1.51. The van der Waals surface area contributed by atoms with Gasteiger partial charge < -0.3 is 16.2 Å². The van der Waals surface area contributed by atoms with Crippen LogP contribution in [-0.2, 0) is 4.79 Å². The number of hydrogen-bond donors (Lipinski definition) is 3. The van der Waals surface area contributed by atoms with Crippen LogP contribution in [0, 0.1) is 5.92 Å². The van der Waals surface area contributed by atoms with Gasteiger partial charge >= 0.3 is 0 Å². The minimum absolute atomic E-state index is 0.0785. The highest BCUT2D eigenvalue weighted by molar-refractivity contribution is 5.83. The van der Waals surface area contributed by atoms with Crippen LogP contribution < -0.4 is 11.1 Å². The number of carbonyl (C=O) groups is 1. The lowest BCUT2D eigenvalue weighted by atomic mass is 10.0. The second-order valence-electron chi connectivity index (χ2n) is 4.43. The maximum atomic E-state index is 11.9. The van der Waals surface area contributed by atoms with Gasteiger partial charge in [-0.3, -0.25) is 4.79 Å². The van der Waals surface area contributed by atoms with E-state index in [1.54, 1.807) is 0 Å². The molecule has 0 bridgehead atoms. The number of aliphatic hydroxyl groups is 1. The highest BCUT2D eigenvalue weighted by Crippen LogP contribution is 2.10. The number of hydrogen-bond acceptors (Lipinski definition) is 3. The molecular formula is C13H20N2O2. The Bertz CT molecular complexity index is 352. The largest absolute Gasteiger partial charge is 0.394 e. The van der Waals surface area contributed by atoms with E-state index in [-0.39, 0.29) is 24.5 Å². The van der Waals surface area contributed by atoms with Crippen LogP contribution in [0.25, 0.3) is 0 Å². The number of nitrogens with two attached hydrogens (primary N) is 1. The standard InChI is InChI=1S/C13H20N2O2/c1-9(2)11(8-16)15-13(17)12(14)10-6-4-3-5-7-10/h3-7,9,11-12,16H,8,14H2,1-2H3,(H,15,17)/t11?,12-/m0/s1. The number of aliphatic hydroxyl groups excluding tert-OH is 1. The zero-order valence-corrected chi connectivity index (χ0v) is 10.3. The summed E-state index contributed by atoms with van der Waals surface area (Å²) >= 11 is 0. The van der Waals surface area contributed by atoms with Gasteiger partial charge in [0.25, 0.3) is 0 Å². The molecule has 1 aromatic rings. The van der Waals surface area contributed by atoms with Gasteiger partial charge in [-0.05, 0) is 11.5 Å². The van der Waals surface area contributed by atoms with Crippen LogP contribution in [-0.4, -0.2) is 23.7 Å². The van der Waals surface area contributed by atoms with Crippen molar-refractivity contribution in [3.63, 3.8) is 0 Å². The average Bonchev–Trinajstić information content (AvgIpc) is 2.35. The predicted octanol–water partition coefficient (Wildman–Crippen LogP) is 0.819. The van der Waals surface area contributed by atoms with Crippen molar-refractivity contribution in [2.75, 3.05) is 6.61 Å². The molecule has 1 aromatic carbocycles. The summed E-state index contributed by atoms with van der Waals surface area (Å²) in [6.07, 6.45) is 0. The van der Waals surface area contributed by atoms with Crippen LogP contribution in [0.15, 0.2) is 30.3 Å². The molecule has 4 nitrogen and oxygen atoms in total. The summed E-state index contributed by atoms with van der Waals surface area (Å²) in [5.74, 6) is -0.0872. The SMILES string of the molecule is CC(C)C(CO)NC(=O)[C@@H](N)c1ccccc1. The molecule has 1 rings (SSSR count). The molecule has 1 amide bonds. The molecule has 17 heavy (non-hydrogen) atoms. The minimum atomic E-state index is -0.691. The number of amides is 1. The van der Waals surface area contributed by atoms with Crippen LogP contribution in [0.5, 0.6) is 0 Å². The number of rotatable bonds is 5. The fourth-order valence-electron chi connectivity index (χ4n) is 1.51. The maximum Gasteiger partial charge on any atom is 0.241 e. The van der Waals surface area contributed by atoms with Crippen LogP contribution in [0.2, 0.25) is 0 Å². The molecule has 4 N–H and O–H groups in total. The van der Waals surface area contributed by atoms with Gasteiger partial charge in [-0.1, -0.05) is 44.2 Å². The van der Waals surface area contributed by atoms with E-state index in [1.165, 1.54) is 0 Å². The average molecular weight is 236 g/mol. The van der Waals surface area contributed by atoms with Gasteiger partial charge in [-0.2, -0.15) is 0 Å². The van der Waals surface area contributed by atoms with E-state index in [1.807, 2.05) is 44.2 Å². The summed E-state index contributed by atoms with van der Waals surface area (Å²) in [7, 11) is 0. The molecule has 0 aromatic heterocycles. The van der Waals surface area contributed by atoms with Crippen LogP contribution in [0.4, 0.5) is 0 Å². The van der Waals surface area contributed by atoms with E-state index in [0.717, 1.165) is 5.56 Å².